The van der Waals surface area contributed by atoms with Gasteiger partial charge in [-0.15, -0.1) is 18.9 Å². The summed E-state index contributed by atoms with van der Waals surface area (Å²) in [5.74, 6) is 3.14. The summed E-state index contributed by atoms with van der Waals surface area (Å²) in [4.78, 5) is 24.1. The van der Waals surface area contributed by atoms with Crippen LogP contribution in [0.2, 0.25) is 0 Å². The smallest absolute Gasteiger partial charge is 0.140 e. The number of ketones is 2. The molecule has 0 aliphatic heterocycles. The summed E-state index contributed by atoms with van der Waals surface area (Å²) in [7, 11) is 0. The number of hydrogen-bond acceptors (Lipinski definition) is 2. The minimum Gasteiger partial charge on any atom is -0.300 e. The zero-order valence-corrected chi connectivity index (χ0v) is 10.1. The third-order valence-electron chi connectivity index (χ3n) is 4.65. The van der Waals surface area contributed by atoms with Gasteiger partial charge >= 0.3 is 0 Å². The van der Waals surface area contributed by atoms with Crippen LogP contribution in [0.25, 0.3) is 0 Å². The molecule has 0 aromatic rings. The summed E-state index contributed by atoms with van der Waals surface area (Å²) in [5, 5.41) is 0. The van der Waals surface area contributed by atoms with Crippen LogP contribution in [0.15, 0.2) is 12.7 Å². The molecule has 2 aliphatic carbocycles. The molecule has 0 amide bonds. The van der Waals surface area contributed by atoms with Gasteiger partial charge in [-0.25, -0.2) is 0 Å². The number of Topliss-reactive ketones (excluding diaryl/α,β-unsaturated/α-hetero) is 2. The molecule has 2 heteroatoms. The van der Waals surface area contributed by atoms with E-state index in [9.17, 15) is 9.59 Å². The van der Waals surface area contributed by atoms with Gasteiger partial charge in [-0.1, -0.05) is 6.08 Å². The van der Waals surface area contributed by atoms with Gasteiger partial charge in [-0.2, -0.15) is 0 Å². The molecule has 0 aromatic carbocycles. The van der Waals surface area contributed by atoms with Crippen LogP contribution < -0.4 is 0 Å². The molecule has 0 N–H and O–H groups in total. The van der Waals surface area contributed by atoms with E-state index in [2.05, 4.69) is 12.5 Å². The van der Waals surface area contributed by atoms with E-state index in [1.165, 1.54) is 0 Å². The van der Waals surface area contributed by atoms with Gasteiger partial charge in [0.1, 0.15) is 11.6 Å². The molecule has 0 aromatic heterocycles. The zero-order chi connectivity index (χ0) is 12.5. The molecule has 90 valence electrons. The molecule has 0 spiro atoms. The van der Waals surface area contributed by atoms with Crippen molar-refractivity contribution in [1.29, 1.82) is 0 Å². The van der Waals surface area contributed by atoms with E-state index < -0.39 is 5.41 Å². The molecule has 2 fully saturated rings. The fourth-order valence-corrected chi connectivity index (χ4v) is 3.67. The van der Waals surface area contributed by atoms with Crippen LogP contribution in [0.3, 0.4) is 0 Å². The van der Waals surface area contributed by atoms with Crippen molar-refractivity contribution >= 4 is 11.6 Å². The molecule has 2 nitrogen and oxygen atoms in total. The first-order valence-electron chi connectivity index (χ1n) is 6.22. The standard InChI is InChI=1S/C15H18O2/c1-3-8-15-10-7-12(16)11-14(15,4-2)9-5-6-13(15)17/h1,4H,2,5-11H2/t14-,15-/m0/s1. The summed E-state index contributed by atoms with van der Waals surface area (Å²) < 4.78 is 0. The van der Waals surface area contributed by atoms with Gasteiger partial charge in [0.05, 0.1) is 0 Å². The Morgan fingerprint density at radius 2 is 2.12 bits per heavy atom. The summed E-state index contributed by atoms with van der Waals surface area (Å²) in [6.07, 6.45) is 11.6. The van der Waals surface area contributed by atoms with Gasteiger partial charge in [-0.3, -0.25) is 9.59 Å². The summed E-state index contributed by atoms with van der Waals surface area (Å²) in [6.45, 7) is 3.88. The predicted octanol–water partition coefficient (Wildman–Crippen LogP) is 2.67. The largest absolute Gasteiger partial charge is 0.300 e. The molecule has 0 heterocycles. The van der Waals surface area contributed by atoms with E-state index in [-0.39, 0.29) is 17.0 Å². The van der Waals surface area contributed by atoms with Crippen LogP contribution in [0.5, 0.6) is 0 Å². The van der Waals surface area contributed by atoms with Crippen LogP contribution in [0.4, 0.5) is 0 Å². The molecule has 0 unspecified atom stereocenters. The Morgan fingerprint density at radius 3 is 2.76 bits per heavy atom. The summed E-state index contributed by atoms with van der Waals surface area (Å²) in [6, 6.07) is 0. The minimum atomic E-state index is -0.504. The van der Waals surface area contributed by atoms with E-state index in [0.717, 1.165) is 12.8 Å². The lowest BCUT2D eigenvalue weighted by molar-refractivity contribution is -0.148. The van der Waals surface area contributed by atoms with Crippen molar-refractivity contribution in [3.63, 3.8) is 0 Å². The normalized spacial score (nSPS) is 37.1. The lowest BCUT2D eigenvalue weighted by atomic mass is 9.48. The number of fused-ring (bicyclic) bond motifs is 1. The van der Waals surface area contributed by atoms with Gasteiger partial charge < -0.3 is 0 Å². The van der Waals surface area contributed by atoms with Gasteiger partial charge in [0.15, 0.2) is 0 Å². The fraction of sp³-hybridized carbons (Fsp3) is 0.600. The number of hydrogen-bond donors (Lipinski definition) is 0. The molecule has 2 saturated carbocycles. The first-order valence-corrected chi connectivity index (χ1v) is 6.22. The maximum atomic E-state index is 12.4. The highest BCUT2D eigenvalue weighted by Gasteiger charge is 2.57. The number of terminal acetylenes is 1. The average molecular weight is 230 g/mol. The molecule has 2 aliphatic rings. The second-order valence-corrected chi connectivity index (χ2v) is 5.32. The van der Waals surface area contributed by atoms with Crippen LogP contribution in [0, 0.1) is 23.2 Å². The third-order valence-corrected chi connectivity index (χ3v) is 4.65. The number of carbonyl (C=O) groups excluding carboxylic acids is 2. The monoisotopic (exact) mass is 230 g/mol. The molecule has 2 atom stereocenters. The van der Waals surface area contributed by atoms with Crippen molar-refractivity contribution in [2.75, 3.05) is 0 Å². The third kappa shape index (κ3) is 1.57. The highest BCUT2D eigenvalue weighted by molar-refractivity contribution is 5.91. The van der Waals surface area contributed by atoms with E-state index in [1.54, 1.807) is 0 Å². The van der Waals surface area contributed by atoms with Crippen LogP contribution in [0.1, 0.15) is 44.9 Å². The Bertz CT molecular complexity index is 415. The quantitative estimate of drug-likeness (QED) is 0.540. The Labute approximate surface area is 102 Å². The van der Waals surface area contributed by atoms with Crippen LogP contribution in [-0.2, 0) is 9.59 Å². The highest BCUT2D eigenvalue weighted by atomic mass is 16.1. The van der Waals surface area contributed by atoms with E-state index >= 15 is 0 Å². The van der Waals surface area contributed by atoms with E-state index in [1.807, 2.05) is 6.08 Å². The van der Waals surface area contributed by atoms with Gasteiger partial charge in [-0.05, 0) is 19.3 Å². The van der Waals surface area contributed by atoms with Crippen molar-refractivity contribution in [1.82, 2.24) is 0 Å². The number of allylic oxidation sites excluding steroid dienone is 1. The second-order valence-electron chi connectivity index (χ2n) is 5.32. The molecular formula is C15H18O2. The molecule has 0 radical (unpaired) electrons. The molecule has 0 saturated heterocycles. The SMILES string of the molecule is C#CC[C@@]12CCC(=O)C[C@]1(C=C)CCCC2=O. The Balaban J connectivity index is 2.50. The average Bonchev–Trinajstić information content (AvgIpc) is 2.32. The first kappa shape index (κ1) is 12.1. The van der Waals surface area contributed by atoms with Crippen molar-refractivity contribution in [2.45, 2.75) is 44.9 Å². The maximum Gasteiger partial charge on any atom is 0.140 e. The Kier molecular flexibility index (Phi) is 2.95. The molecule has 2 rings (SSSR count). The van der Waals surface area contributed by atoms with E-state index in [4.69, 9.17) is 6.42 Å². The Morgan fingerprint density at radius 1 is 1.35 bits per heavy atom. The van der Waals surface area contributed by atoms with Crippen LogP contribution in [-0.4, -0.2) is 11.6 Å². The predicted molar refractivity (Wildman–Crippen MR) is 66.2 cm³/mol. The Hall–Kier alpha value is -1.36. The minimum absolute atomic E-state index is 0.243. The van der Waals surface area contributed by atoms with Crippen molar-refractivity contribution in [2.24, 2.45) is 10.8 Å². The van der Waals surface area contributed by atoms with E-state index in [0.29, 0.717) is 32.1 Å². The lowest BCUT2D eigenvalue weighted by Gasteiger charge is -2.53. The first-order chi connectivity index (χ1) is 8.10. The topological polar surface area (TPSA) is 34.1 Å². The number of rotatable bonds is 2. The maximum absolute atomic E-state index is 12.4. The van der Waals surface area contributed by atoms with Gasteiger partial charge in [0.2, 0.25) is 0 Å². The van der Waals surface area contributed by atoms with Gasteiger partial charge in [0, 0.05) is 36.5 Å². The molecule has 17 heavy (non-hydrogen) atoms. The number of carbonyl (C=O) groups is 2. The highest BCUT2D eigenvalue weighted by Crippen LogP contribution is 2.58. The van der Waals surface area contributed by atoms with Crippen molar-refractivity contribution in [3.8, 4) is 12.3 Å². The molecule has 0 bridgehead atoms. The molecular weight excluding hydrogens is 212 g/mol. The summed E-state index contributed by atoms with van der Waals surface area (Å²) >= 11 is 0. The summed E-state index contributed by atoms with van der Waals surface area (Å²) in [5.41, 5.74) is -0.875. The van der Waals surface area contributed by atoms with Crippen molar-refractivity contribution in [3.05, 3.63) is 12.7 Å². The zero-order valence-electron chi connectivity index (χ0n) is 10.1. The fourth-order valence-electron chi connectivity index (χ4n) is 3.67. The lowest BCUT2D eigenvalue weighted by Crippen LogP contribution is -2.53. The van der Waals surface area contributed by atoms with Crippen LogP contribution >= 0.6 is 0 Å². The van der Waals surface area contributed by atoms with Gasteiger partial charge in [0.25, 0.3) is 0 Å². The second kappa shape index (κ2) is 4.14. The van der Waals surface area contributed by atoms with Crippen molar-refractivity contribution < 1.29 is 9.59 Å².